The molecule has 3 aromatic carbocycles. The Morgan fingerprint density at radius 2 is 1.25 bits per heavy atom. The zero-order valence-corrected chi connectivity index (χ0v) is 24.2. The number of carbonyl (C=O) groups excluding carboxylic acids is 1. The number of rotatable bonds is 8. The minimum atomic E-state index is -3.97. The highest BCUT2D eigenvalue weighted by atomic mass is 32.2. The fourth-order valence-corrected chi connectivity index (χ4v) is 6.40. The normalized spacial score (nSPS) is 11.6. The van der Waals surface area contributed by atoms with E-state index in [9.17, 15) is 21.6 Å². The molecule has 1 aromatic heterocycles. The van der Waals surface area contributed by atoms with Crippen molar-refractivity contribution in [3.8, 4) is 0 Å². The molecule has 1 heterocycles. The van der Waals surface area contributed by atoms with Crippen LogP contribution in [0.15, 0.2) is 76.5 Å². The highest BCUT2D eigenvalue weighted by molar-refractivity contribution is 7.93. The second kappa shape index (κ2) is 11.1. The van der Waals surface area contributed by atoms with Crippen molar-refractivity contribution in [2.24, 2.45) is 0 Å². The first-order chi connectivity index (χ1) is 18.7. The Hall–Kier alpha value is -4.29. The van der Waals surface area contributed by atoms with Crippen LogP contribution in [0.3, 0.4) is 0 Å². The highest BCUT2D eigenvalue weighted by Gasteiger charge is 2.21. The van der Waals surface area contributed by atoms with Crippen LogP contribution in [0.4, 0.5) is 17.3 Å². The highest BCUT2D eigenvalue weighted by Crippen LogP contribution is 2.24. The number of hydrogen-bond donors (Lipinski definition) is 3. The molecule has 0 fully saturated rings. The lowest BCUT2D eigenvalue weighted by Gasteiger charge is -2.13. The van der Waals surface area contributed by atoms with Crippen molar-refractivity contribution in [2.75, 3.05) is 14.8 Å². The topological polar surface area (TPSA) is 147 Å². The summed E-state index contributed by atoms with van der Waals surface area (Å²) in [5, 5.41) is 2.67. The number of sulfonamides is 2. The van der Waals surface area contributed by atoms with Crippen LogP contribution in [0.2, 0.25) is 0 Å². The Bertz CT molecular complexity index is 1780. The molecular weight excluding hydrogens is 550 g/mol. The van der Waals surface area contributed by atoms with Crippen molar-refractivity contribution >= 4 is 43.3 Å². The molecule has 10 nitrogen and oxygen atoms in total. The Morgan fingerprint density at radius 3 is 1.85 bits per heavy atom. The molecule has 0 aliphatic carbocycles. The number of aromatic nitrogens is 2. The summed E-state index contributed by atoms with van der Waals surface area (Å²) in [6.07, 6.45) is 0. The third-order valence-electron chi connectivity index (χ3n) is 5.84. The smallest absolute Gasteiger partial charge is 0.264 e. The van der Waals surface area contributed by atoms with Gasteiger partial charge in [-0.2, -0.15) is 0 Å². The molecule has 1 amide bonds. The molecule has 0 atom stereocenters. The monoisotopic (exact) mass is 579 g/mol. The van der Waals surface area contributed by atoms with Gasteiger partial charge in [-0.25, -0.2) is 31.5 Å². The summed E-state index contributed by atoms with van der Waals surface area (Å²) < 4.78 is 56.8. The van der Waals surface area contributed by atoms with Gasteiger partial charge < -0.3 is 5.32 Å². The molecule has 0 radical (unpaired) electrons. The van der Waals surface area contributed by atoms with Gasteiger partial charge in [0.15, 0.2) is 0 Å². The van der Waals surface area contributed by atoms with Crippen LogP contribution in [0.5, 0.6) is 0 Å². The van der Waals surface area contributed by atoms with E-state index in [1.165, 1.54) is 36.4 Å². The molecule has 0 aliphatic heterocycles. The number of nitrogens with zero attached hydrogens (tertiary/aromatic N) is 2. The van der Waals surface area contributed by atoms with Crippen molar-refractivity contribution in [2.45, 2.75) is 44.4 Å². The van der Waals surface area contributed by atoms with Crippen LogP contribution in [0.1, 0.15) is 38.4 Å². The van der Waals surface area contributed by atoms with Gasteiger partial charge in [-0.3, -0.25) is 9.52 Å². The number of carbonyl (C=O) groups is 1. The van der Waals surface area contributed by atoms with Crippen molar-refractivity contribution in [1.29, 1.82) is 0 Å². The summed E-state index contributed by atoms with van der Waals surface area (Å²) in [6.45, 7) is 8.86. The molecule has 0 aliphatic rings. The number of aryl methyl sites for hydroxylation is 5. The summed E-state index contributed by atoms with van der Waals surface area (Å²) in [6, 6.07) is 17.0. The molecule has 0 saturated heterocycles. The van der Waals surface area contributed by atoms with Gasteiger partial charge in [0.05, 0.1) is 9.79 Å². The number of nitrogens with one attached hydrogen (secondary N) is 3. The number of amides is 1. The lowest BCUT2D eigenvalue weighted by atomic mass is 10.1. The maximum Gasteiger partial charge on any atom is 0.264 e. The average Bonchev–Trinajstić information content (AvgIpc) is 2.82. The molecule has 0 bridgehead atoms. The van der Waals surface area contributed by atoms with E-state index in [1.807, 2.05) is 19.9 Å². The Kier molecular flexibility index (Phi) is 7.94. The second-order valence-electron chi connectivity index (χ2n) is 9.52. The van der Waals surface area contributed by atoms with Crippen molar-refractivity contribution in [3.63, 3.8) is 0 Å². The molecule has 0 saturated carbocycles. The molecule has 208 valence electrons. The zero-order valence-electron chi connectivity index (χ0n) is 22.6. The van der Waals surface area contributed by atoms with Gasteiger partial charge in [-0.1, -0.05) is 12.1 Å². The number of benzene rings is 3. The van der Waals surface area contributed by atoms with Crippen LogP contribution >= 0.6 is 0 Å². The van der Waals surface area contributed by atoms with Crippen LogP contribution in [-0.2, 0) is 20.0 Å². The Labute approximate surface area is 234 Å². The minimum absolute atomic E-state index is 0.0274. The molecule has 0 spiro atoms. The third kappa shape index (κ3) is 6.82. The first-order valence-electron chi connectivity index (χ1n) is 12.2. The zero-order chi connectivity index (χ0) is 29.2. The van der Waals surface area contributed by atoms with Gasteiger partial charge in [-0.15, -0.1) is 0 Å². The van der Waals surface area contributed by atoms with Crippen LogP contribution in [-0.4, -0.2) is 32.7 Å². The predicted octanol–water partition coefficient (Wildman–Crippen LogP) is 4.87. The van der Waals surface area contributed by atoms with E-state index in [0.29, 0.717) is 28.3 Å². The van der Waals surface area contributed by atoms with E-state index in [1.54, 1.807) is 45.0 Å². The number of anilines is 3. The van der Waals surface area contributed by atoms with Crippen molar-refractivity contribution in [3.05, 3.63) is 100 Å². The molecule has 4 rings (SSSR count). The van der Waals surface area contributed by atoms with Crippen LogP contribution in [0, 0.1) is 34.6 Å². The van der Waals surface area contributed by atoms with E-state index in [0.717, 1.165) is 11.1 Å². The Morgan fingerprint density at radius 1 is 0.650 bits per heavy atom. The molecule has 40 heavy (non-hydrogen) atoms. The Balaban J connectivity index is 1.51. The summed E-state index contributed by atoms with van der Waals surface area (Å²) in [5.74, 6) is -0.591. The average molecular weight is 580 g/mol. The van der Waals surface area contributed by atoms with Crippen LogP contribution < -0.4 is 14.8 Å². The van der Waals surface area contributed by atoms with Gasteiger partial charge in [0.25, 0.3) is 26.0 Å². The quantitative estimate of drug-likeness (QED) is 0.270. The maximum atomic E-state index is 13.2. The SMILES string of the molecule is Cc1cc(C)cc(NS(=O)(=O)c2cc(C(=O)Nc3ccc(S(=O)(=O)Nc4nc(C)cc(C)n4)cc3)ccc2C)c1. The lowest BCUT2D eigenvalue weighted by molar-refractivity contribution is 0.102. The number of hydrogen-bond acceptors (Lipinski definition) is 7. The lowest BCUT2D eigenvalue weighted by Crippen LogP contribution is -2.17. The van der Waals surface area contributed by atoms with E-state index >= 15 is 0 Å². The van der Waals surface area contributed by atoms with E-state index in [4.69, 9.17) is 0 Å². The van der Waals surface area contributed by atoms with Gasteiger partial charge in [-0.05, 0) is 106 Å². The fourth-order valence-electron chi connectivity index (χ4n) is 4.15. The first-order valence-corrected chi connectivity index (χ1v) is 15.2. The van der Waals surface area contributed by atoms with Gasteiger partial charge in [0.2, 0.25) is 5.95 Å². The maximum absolute atomic E-state index is 13.2. The summed E-state index contributed by atoms with van der Waals surface area (Å²) >= 11 is 0. The third-order valence-corrected chi connectivity index (χ3v) is 8.71. The van der Waals surface area contributed by atoms with Crippen molar-refractivity contribution < 1.29 is 21.6 Å². The predicted molar refractivity (Wildman–Crippen MR) is 155 cm³/mol. The van der Waals surface area contributed by atoms with E-state index in [-0.39, 0.29) is 21.3 Å². The first kappa shape index (κ1) is 28.7. The molecule has 0 unspecified atom stereocenters. The van der Waals surface area contributed by atoms with Gasteiger partial charge in [0.1, 0.15) is 0 Å². The molecule has 3 N–H and O–H groups in total. The largest absolute Gasteiger partial charge is 0.322 e. The fraction of sp³-hybridized carbons (Fsp3) is 0.179. The van der Waals surface area contributed by atoms with Gasteiger partial charge >= 0.3 is 0 Å². The standard InChI is InChI=1S/C28H29N5O5S2/c1-17-12-18(2)14-24(13-17)32-40(37,38)26-16-22(7-6-19(26)3)27(34)31-23-8-10-25(11-9-23)39(35,36)33-28-29-20(4)15-21(5)30-28/h6-16,32H,1-5H3,(H,31,34)(H,29,30,33). The summed E-state index contributed by atoms with van der Waals surface area (Å²) in [7, 11) is -7.94. The van der Waals surface area contributed by atoms with Crippen molar-refractivity contribution in [1.82, 2.24) is 9.97 Å². The summed E-state index contributed by atoms with van der Waals surface area (Å²) in [4.78, 5) is 21.1. The van der Waals surface area contributed by atoms with Crippen LogP contribution in [0.25, 0.3) is 0 Å². The molecule has 12 heteroatoms. The van der Waals surface area contributed by atoms with Gasteiger partial charge in [0, 0.05) is 28.3 Å². The molecular formula is C28H29N5O5S2. The van der Waals surface area contributed by atoms with E-state index < -0.39 is 26.0 Å². The minimum Gasteiger partial charge on any atom is -0.322 e. The molecule has 4 aromatic rings. The second-order valence-corrected chi connectivity index (χ2v) is 12.9. The summed E-state index contributed by atoms with van der Waals surface area (Å²) in [5.41, 5.74) is 4.42. The van der Waals surface area contributed by atoms with E-state index in [2.05, 4.69) is 24.7 Å².